The first-order chi connectivity index (χ1) is 15.6. The maximum atomic E-state index is 5.96. The number of ether oxygens (including phenoxy) is 1. The van der Waals surface area contributed by atoms with Crippen LogP contribution in [-0.2, 0) is 18.4 Å². The molecule has 0 aliphatic heterocycles. The van der Waals surface area contributed by atoms with Gasteiger partial charge in [-0.1, -0.05) is 71.9 Å². The molecule has 1 aliphatic rings. The van der Waals surface area contributed by atoms with Crippen LogP contribution in [0.2, 0.25) is 13.1 Å². The average molecular weight is 515 g/mol. The van der Waals surface area contributed by atoms with Crippen LogP contribution in [0.25, 0.3) is 0 Å². The van der Waals surface area contributed by atoms with Crippen LogP contribution >= 0.6 is 0 Å². The van der Waals surface area contributed by atoms with Gasteiger partial charge in [-0.2, -0.15) is 0 Å². The molecular formula is C31H50OSiTi. The number of para-hydroxylation sites is 1. The van der Waals surface area contributed by atoms with Gasteiger partial charge >= 0.3 is 92.4 Å². The second kappa shape index (κ2) is 13.3. The second-order valence-corrected chi connectivity index (χ2v) is 22.1. The van der Waals surface area contributed by atoms with Crippen molar-refractivity contribution in [3.05, 3.63) is 74.2 Å². The van der Waals surface area contributed by atoms with E-state index in [4.69, 9.17) is 4.74 Å². The summed E-state index contributed by atoms with van der Waals surface area (Å²) in [5.41, 5.74) is 7.77. The summed E-state index contributed by atoms with van der Waals surface area (Å²) in [6, 6.07) is 10.0. The van der Waals surface area contributed by atoms with Gasteiger partial charge in [0.05, 0.1) is 0 Å². The molecule has 1 nitrogen and oxygen atoms in total. The first-order valence-corrected chi connectivity index (χ1v) is 19.2. The van der Waals surface area contributed by atoms with Gasteiger partial charge in [0.1, 0.15) is 12.4 Å². The molecule has 188 valence electrons. The SMILES string of the molecule is CC1=C(C)C(C)[C]([Ti][SiH](C)C)=C1C.CC=C(C=C(COc1ccccc1)C(C)(C)C)C(C)(C)C. The van der Waals surface area contributed by atoms with E-state index >= 15 is 0 Å². The molecule has 1 aromatic rings. The smallest absolute Gasteiger partial charge is 0.119 e. The van der Waals surface area contributed by atoms with Crippen molar-refractivity contribution >= 4 is 6.66 Å². The van der Waals surface area contributed by atoms with E-state index in [0.717, 1.165) is 11.7 Å². The van der Waals surface area contributed by atoms with E-state index in [1.54, 1.807) is 16.7 Å². The van der Waals surface area contributed by atoms with Gasteiger partial charge in [-0.25, -0.2) is 0 Å². The minimum Gasteiger partial charge on any atom is -0.489 e. The quantitative estimate of drug-likeness (QED) is 0.271. The fraction of sp³-hybridized carbons (Fsp3) is 0.548. The van der Waals surface area contributed by atoms with Crippen LogP contribution in [0.15, 0.2) is 74.2 Å². The average Bonchev–Trinajstić information content (AvgIpc) is 2.91. The molecule has 2 rings (SSSR count). The third kappa shape index (κ3) is 9.52. The van der Waals surface area contributed by atoms with E-state index in [1.165, 1.54) is 11.1 Å². The van der Waals surface area contributed by atoms with Crippen molar-refractivity contribution in [2.45, 2.75) is 89.3 Å². The van der Waals surface area contributed by atoms with Crippen molar-refractivity contribution in [1.29, 1.82) is 0 Å². The van der Waals surface area contributed by atoms with Gasteiger partial charge in [-0.15, -0.1) is 0 Å². The Hall–Kier alpha value is -1.09. The Morgan fingerprint density at radius 3 is 1.88 bits per heavy atom. The fourth-order valence-corrected chi connectivity index (χ4v) is 10.8. The maximum Gasteiger partial charge on any atom is 0.119 e. The van der Waals surface area contributed by atoms with Crippen LogP contribution < -0.4 is 4.74 Å². The molecule has 0 fully saturated rings. The molecule has 0 N–H and O–H groups in total. The first kappa shape index (κ1) is 30.9. The van der Waals surface area contributed by atoms with E-state index in [9.17, 15) is 0 Å². The van der Waals surface area contributed by atoms with E-state index in [0.29, 0.717) is 6.61 Å². The summed E-state index contributed by atoms with van der Waals surface area (Å²) in [4.78, 5) is 0. The molecule has 0 amide bonds. The maximum absolute atomic E-state index is 5.96. The van der Waals surface area contributed by atoms with Crippen molar-refractivity contribution in [3.8, 4) is 5.75 Å². The third-order valence-electron chi connectivity index (χ3n) is 6.69. The summed E-state index contributed by atoms with van der Waals surface area (Å²) < 4.78 is 7.82. The molecule has 0 spiro atoms. The number of benzene rings is 1. The summed E-state index contributed by atoms with van der Waals surface area (Å²) in [6.45, 7) is 30.2. The number of rotatable bonds is 6. The third-order valence-corrected chi connectivity index (χ3v) is 13.0. The zero-order valence-electron chi connectivity index (χ0n) is 24.3. The Labute approximate surface area is 221 Å². The van der Waals surface area contributed by atoms with E-state index in [2.05, 4.69) is 101 Å². The van der Waals surface area contributed by atoms with Crippen LogP contribution in [0.3, 0.4) is 0 Å². The summed E-state index contributed by atoms with van der Waals surface area (Å²) in [7, 11) is 0. The van der Waals surface area contributed by atoms with Gasteiger partial charge in [0.25, 0.3) is 0 Å². The van der Waals surface area contributed by atoms with Gasteiger partial charge in [0, 0.05) is 0 Å². The van der Waals surface area contributed by atoms with Crippen molar-refractivity contribution in [2.24, 2.45) is 16.7 Å². The van der Waals surface area contributed by atoms with Crippen molar-refractivity contribution in [2.75, 3.05) is 6.61 Å². The fourth-order valence-electron chi connectivity index (χ4n) is 3.98. The Morgan fingerprint density at radius 1 is 0.941 bits per heavy atom. The van der Waals surface area contributed by atoms with Crippen molar-refractivity contribution in [1.82, 2.24) is 0 Å². The zero-order valence-corrected chi connectivity index (χ0v) is 27.0. The van der Waals surface area contributed by atoms with Gasteiger partial charge in [0.15, 0.2) is 0 Å². The molecule has 0 aromatic heterocycles. The topological polar surface area (TPSA) is 9.23 Å². The Bertz CT molecular complexity index is 918. The molecule has 0 saturated heterocycles. The van der Waals surface area contributed by atoms with Gasteiger partial charge in [0.2, 0.25) is 0 Å². The molecule has 1 aromatic carbocycles. The molecule has 0 bridgehead atoms. The summed E-state index contributed by atoms with van der Waals surface area (Å²) in [6.07, 6.45) is 4.51. The summed E-state index contributed by atoms with van der Waals surface area (Å²) in [5, 5.41) is 0. The zero-order chi connectivity index (χ0) is 26.3. The Morgan fingerprint density at radius 2 is 1.50 bits per heavy atom. The van der Waals surface area contributed by atoms with Gasteiger partial charge in [-0.05, 0) is 41.0 Å². The minimum atomic E-state index is -0.315. The van der Waals surface area contributed by atoms with Crippen LogP contribution in [0.1, 0.15) is 76.2 Å². The van der Waals surface area contributed by atoms with Crippen LogP contribution in [-0.4, -0.2) is 13.3 Å². The number of hydrogen-bond donors (Lipinski definition) is 0. The van der Waals surface area contributed by atoms with Gasteiger partial charge < -0.3 is 4.74 Å². The van der Waals surface area contributed by atoms with Crippen molar-refractivity contribution < 1.29 is 23.1 Å². The molecule has 1 atom stereocenters. The second-order valence-electron chi connectivity index (χ2n) is 11.9. The molecule has 0 radical (unpaired) electrons. The van der Waals surface area contributed by atoms with Crippen LogP contribution in [0.4, 0.5) is 0 Å². The minimum absolute atomic E-state index is 0.0916. The molecule has 1 unspecified atom stereocenters. The summed E-state index contributed by atoms with van der Waals surface area (Å²) >= 11 is 0.267. The summed E-state index contributed by atoms with van der Waals surface area (Å²) in [5.74, 6) is 1.71. The molecular weight excluding hydrogens is 464 g/mol. The predicted molar refractivity (Wildman–Crippen MR) is 152 cm³/mol. The van der Waals surface area contributed by atoms with Crippen LogP contribution in [0.5, 0.6) is 5.75 Å². The predicted octanol–water partition coefficient (Wildman–Crippen LogP) is 9.34. The van der Waals surface area contributed by atoms with E-state index < -0.39 is 0 Å². The molecule has 0 saturated carbocycles. The van der Waals surface area contributed by atoms with Gasteiger partial charge in [-0.3, -0.25) is 0 Å². The Kier molecular flexibility index (Phi) is 12.1. The van der Waals surface area contributed by atoms with E-state index in [1.807, 2.05) is 34.2 Å². The molecule has 34 heavy (non-hydrogen) atoms. The van der Waals surface area contributed by atoms with Crippen LogP contribution in [0, 0.1) is 16.7 Å². The van der Waals surface area contributed by atoms with E-state index in [-0.39, 0.29) is 35.9 Å². The Balaban J connectivity index is 0.000000380. The molecule has 1 aliphatic carbocycles. The molecule has 0 heterocycles. The first-order valence-electron chi connectivity index (χ1n) is 12.8. The largest absolute Gasteiger partial charge is 0.489 e. The van der Waals surface area contributed by atoms with Crippen molar-refractivity contribution in [3.63, 3.8) is 0 Å². The molecule has 3 heteroatoms. The number of allylic oxidation sites excluding steroid dienone is 7. The standard InChI is InChI=1S/C20H30O.C9H13.C2H7Si.Ti/c1-8-16(19(2,3)4)14-17(20(5,6)7)15-21-18-12-10-9-11-13-18;1-6-5-7(2)9(4)8(6)3;1-3-2;/h8-14H,15H2,1-7H3;6H,1-4H3;3H,1-2H3;. The normalized spacial score (nSPS) is 17.8. The number of hydrogen-bond acceptors (Lipinski definition) is 1. The monoisotopic (exact) mass is 514 g/mol.